The van der Waals surface area contributed by atoms with Crippen LogP contribution in [0.2, 0.25) is 0 Å². The Morgan fingerprint density at radius 2 is 2.00 bits per heavy atom. The van der Waals surface area contributed by atoms with Crippen molar-refractivity contribution in [3.05, 3.63) is 78.4 Å². The van der Waals surface area contributed by atoms with Crippen LogP contribution in [0.5, 0.6) is 5.75 Å². The average molecular weight is 368 g/mol. The molecular weight excluding hydrogens is 348 g/mol. The lowest BCUT2D eigenvalue weighted by Crippen LogP contribution is -2.05. The molecule has 0 aliphatic rings. The van der Waals surface area contributed by atoms with Crippen LogP contribution in [0, 0.1) is 0 Å². The van der Waals surface area contributed by atoms with Gasteiger partial charge >= 0.3 is 5.97 Å². The minimum Gasteiger partial charge on any atom is -0.497 e. The lowest BCUT2D eigenvalue weighted by atomic mass is 10.1. The monoisotopic (exact) mass is 368 g/mol. The number of hydrogen-bond donors (Lipinski definition) is 0. The number of ether oxygens (including phenoxy) is 2. The maximum absolute atomic E-state index is 11.6. The molecule has 6 heteroatoms. The van der Waals surface area contributed by atoms with Gasteiger partial charge in [-0.25, -0.2) is 9.78 Å². The highest BCUT2D eigenvalue weighted by molar-refractivity contribution is 7.99. The molecular formula is C20H20N2O3S. The molecule has 1 unspecified atom stereocenters. The molecule has 3 rings (SSSR count). The molecule has 134 valence electrons. The van der Waals surface area contributed by atoms with E-state index in [4.69, 9.17) is 9.47 Å². The first-order chi connectivity index (χ1) is 12.7. The highest BCUT2D eigenvalue weighted by Crippen LogP contribution is 2.37. The maximum Gasteiger partial charge on any atom is 0.337 e. The Balaban J connectivity index is 1.84. The van der Waals surface area contributed by atoms with Crippen molar-refractivity contribution in [3.63, 3.8) is 0 Å². The van der Waals surface area contributed by atoms with Crippen LogP contribution in [0.25, 0.3) is 0 Å². The molecule has 0 aliphatic heterocycles. The zero-order valence-corrected chi connectivity index (χ0v) is 15.5. The standard InChI is InChI=1S/C20H20N2O3S/c1-24-17-5-3-4-16(12-17)19(13-22-11-10-21-14-22)26-18-8-6-15(7-9-18)20(23)25-2/h3-12,14,19H,13H2,1-2H3. The van der Waals surface area contributed by atoms with E-state index in [2.05, 4.69) is 21.7 Å². The van der Waals surface area contributed by atoms with E-state index < -0.39 is 0 Å². The highest BCUT2D eigenvalue weighted by atomic mass is 32.2. The molecule has 0 radical (unpaired) electrons. The van der Waals surface area contributed by atoms with Crippen molar-refractivity contribution in [2.75, 3.05) is 14.2 Å². The van der Waals surface area contributed by atoms with Gasteiger partial charge in [-0.15, -0.1) is 11.8 Å². The third-order valence-electron chi connectivity index (χ3n) is 3.96. The fourth-order valence-corrected chi connectivity index (χ4v) is 3.74. The van der Waals surface area contributed by atoms with Gasteiger partial charge in [0.05, 0.1) is 31.4 Å². The van der Waals surface area contributed by atoms with Crippen LogP contribution in [0.4, 0.5) is 0 Å². The number of aromatic nitrogens is 2. The van der Waals surface area contributed by atoms with Crippen LogP contribution in [-0.2, 0) is 11.3 Å². The molecule has 1 aromatic heterocycles. The Hall–Kier alpha value is -2.73. The summed E-state index contributed by atoms with van der Waals surface area (Å²) in [5.74, 6) is 0.504. The molecule has 2 aromatic carbocycles. The number of thioether (sulfide) groups is 1. The van der Waals surface area contributed by atoms with E-state index in [9.17, 15) is 4.79 Å². The first-order valence-electron chi connectivity index (χ1n) is 8.14. The molecule has 0 fully saturated rings. The molecule has 1 heterocycles. The van der Waals surface area contributed by atoms with Gasteiger partial charge in [0.25, 0.3) is 0 Å². The van der Waals surface area contributed by atoms with Gasteiger partial charge in [-0.3, -0.25) is 0 Å². The summed E-state index contributed by atoms with van der Waals surface area (Å²) < 4.78 is 12.2. The Morgan fingerprint density at radius 1 is 1.19 bits per heavy atom. The van der Waals surface area contributed by atoms with Gasteiger partial charge in [-0.2, -0.15) is 0 Å². The summed E-state index contributed by atoms with van der Waals surface area (Å²) in [6.07, 6.45) is 5.54. The minimum atomic E-state index is -0.329. The number of benzene rings is 2. The summed E-state index contributed by atoms with van der Waals surface area (Å²) in [5.41, 5.74) is 1.71. The molecule has 0 amide bonds. The number of carbonyl (C=O) groups excluding carboxylic acids is 1. The van der Waals surface area contributed by atoms with Gasteiger partial charge < -0.3 is 14.0 Å². The van der Waals surface area contributed by atoms with Crippen molar-refractivity contribution in [2.24, 2.45) is 0 Å². The summed E-state index contributed by atoms with van der Waals surface area (Å²) in [7, 11) is 3.05. The molecule has 0 spiro atoms. The number of esters is 1. The summed E-state index contributed by atoms with van der Waals surface area (Å²) >= 11 is 1.73. The van der Waals surface area contributed by atoms with Gasteiger partial charge in [-0.05, 0) is 42.0 Å². The molecule has 0 saturated carbocycles. The predicted molar refractivity (Wildman–Crippen MR) is 102 cm³/mol. The fraction of sp³-hybridized carbons (Fsp3) is 0.200. The lowest BCUT2D eigenvalue weighted by molar-refractivity contribution is 0.0600. The van der Waals surface area contributed by atoms with Crippen molar-refractivity contribution >= 4 is 17.7 Å². The highest BCUT2D eigenvalue weighted by Gasteiger charge is 2.16. The van der Waals surface area contributed by atoms with E-state index in [1.54, 1.807) is 37.2 Å². The van der Waals surface area contributed by atoms with E-state index >= 15 is 0 Å². The van der Waals surface area contributed by atoms with E-state index in [-0.39, 0.29) is 11.2 Å². The molecule has 0 saturated heterocycles. The molecule has 0 aliphatic carbocycles. The van der Waals surface area contributed by atoms with Crippen molar-refractivity contribution in [2.45, 2.75) is 16.7 Å². The SMILES string of the molecule is COC(=O)c1ccc(SC(Cn2ccnc2)c2cccc(OC)c2)cc1. The van der Waals surface area contributed by atoms with Crippen molar-refractivity contribution in [3.8, 4) is 5.75 Å². The third-order valence-corrected chi connectivity index (χ3v) is 5.21. The quantitative estimate of drug-likeness (QED) is 0.462. The maximum atomic E-state index is 11.6. The van der Waals surface area contributed by atoms with Gasteiger partial charge in [0.2, 0.25) is 0 Å². The largest absolute Gasteiger partial charge is 0.497 e. The smallest absolute Gasteiger partial charge is 0.337 e. The van der Waals surface area contributed by atoms with Crippen LogP contribution in [0.15, 0.2) is 72.1 Å². The van der Waals surface area contributed by atoms with Crippen LogP contribution in [0.3, 0.4) is 0 Å². The van der Waals surface area contributed by atoms with E-state index in [1.807, 2.05) is 36.8 Å². The number of methoxy groups -OCH3 is 2. The van der Waals surface area contributed by atoms with Crippen LogP contribution < -0.4 is 4.74 Å². The molecule has 0 N–H and O–H groups in total. The van der Waals surface area contributed by atoms with Crippen molar-refractivity contribution in [1.82, 2.24) is 9.55 Å². The molecule has 1 atom stereocenters. The Labute approximate surface area is 157 Å². The lowest BCUT2D eigenvalue weighted by Gasteiger charge is -2.18. The molecule has 0 bridgehead atoms. The van der Waals surface area contributed by atoms with E-state index in [0.717, 1.165) is 17.2 Å². The number of hydrogen-bond acceptors (Lipinski definition) is 5. The number of rotatable bonds is 7. The first-order valence-corrected chi connectivity index (χ1v) is 9.02. The number of carbonyl (C=O) groups is 1. The molecule has 26 heavy (non-hydrogen) atoms. The summed E-state index contributed by atoms with van der Waals surface area (Å²) in [5, 5.41) is 0.170. The van der Waals surface area contributed by atoms with Gasteiger partial charge in [0.15, 0.2) is 0 Å². The number of imidazole rings is 1. The second-order valence-corrected chi connectivity index (χ2v) is 6.93. The topological polar surface area (TPSA) is 53.4 Å². The summed E-state index contributed by atoms with van der Waals surface area (Å²) in [6, 6.07) is 15.5. The second-order valence-electron chi connectivity index (χ2n) is 5.66. The summed E-state index contributed by atoms with van der Waals surface area (Å²) in [6.45, 7) is 0.774. The van der Waals surface area contributed by atoms with Gasteiger partial charge in [-0.1, -0.05) is 12.1 Å². The number of nitrogens with zero attached hydrogens (tertiary/aromatic N) is 2. The Morgan fingerprint density at radius 3 is 2.65 bits per heavy atom. The minimum absolute atomic E-state index is 0.170. The predicted octanol–water partition coefficient (Wildman–Crippen LogP) is 4.21. The summed E-state index contributed by atoms with van der Waals surface area (Å²) in [4.78, 5) is 16.8. The Kier molecular flexibility index (Phi) is 5.96. The van der Waals surface area contributed by atoms with Crippen LogP contribution in [-0.4, -0.2) is 29.7 Å². The van der Waals surface area contributed by atoms with Crippen LogP contribution in [0.1, 0.15) is 21.2 Å². The van der Waals surface area contributed by atoms with Crippen molar-refractivity contribution in [1.29, 1.82) is 0 Å². The van der Waals surface area contributed by atoms with Gasteiger partial charge in [0.1, 0.15) is 5.75 Å². The third kappa shape index (κ3) is 4.46. The zero-order valence-electron chi connectivity index (χ0n) is 14.7. The normalized spacial score (nSPS) is 11.8. The van der Waals surface area contributed by atoms with Crippen LogP contribution >= 0.6 is 11.8 Å². The molecule has 3 aromatic rings. The Bertz CT molecular complexity index is 848. The second kappa shape index (κ2) is 8.58. The van der Waals surface area contributed by atoms with Crippen molar-refractivity contribution < 1.29 is 14.3 Å². The first kappa shape index (κ1) is 18.1. The average Bonchev–Trinajstić information content (AvgIpc) is 3.20. The molecule has 5 nitrogen and oxygen atoms in total. The van der Waals surface area contributed by atoms with E-state index in [1.165, 1.54) is 12.7 Å². The van der Waals surface area contributed by atoms with Gasteiger partial charge in [0, 0.05) is 23.8 Å². The zero-order chi connectivity index (χ0) is 18.4. The fourth-order valence-electron chi connectivity index (χ4n) is 2.59. The van der Waals surface area contributed by atoms with E-state index in [0.29, 0.717) is 5.56 Å².